The molecule has 1 N–H and O–H groups in total. The van der Waals surface area contributed by atoms with Crippen LogP contribution in [0, 0.1) is 0 Å². The minimum Gasteiger partial charge on any atom is -0.493 e. The van der Waals surface area contributed by atoms with Crippen LogP contribution in [0.5, 0.6) is 11.5 Å². The van der Waals surface area contributed by atoms with Crippen molar-refractivity contribution < 1.29 is 33.6 Å². The standard InChI is InChI=1S/C53H88O7/c1-3-5-7-9-11-13-15-17-19-21-23-25-27-29-31-35-43-59-52(55)39-33-37-41-57-50-45-49(48-54)46-51(47-50)58-42-38-34-40-53(56)60-44-36-32-30-28-26-24-22-20-18-16-14-12-10-8-6-4-2/h11-14,17-20,45-47,54H,3-10,15-16,21-44,48H2,1-2H3/b13-11-,14-12-,19-17-,20-18-. The van der Waals surface area contributed by atoms with Gasteiger partial charge in [0.15, 0.2) is 0 Å². The van der Waals surface area contributed by atoms with Crippen molar-refractivity contribution in [3.05, 3.63) is 72.4 Å². The molecule has 1 aromatic carbocycles. The van der Waals surface area contributed by atoms with Crippen LogP contribution in [0.4, 0.5) is 0 Å². The van der Waals surface area contributed by atoms with E-state index < -0.39 is 0 Å². The number of esters is 2. The highest BCUT2D eigenvalue weighted by molar-refractivity contribution is 5.69. The van der Waals surface area contributed by atoms with Crippen molar-refractivity contribution in [2.75, 3.05) is 26.4 Å². The van der Waals surface area contributed by atoms with Gasteiger partial charge < -0.3 is 24.1 Å². The summed E-state index contributed by atoms with van der Waals surface area (Å²) in [4.78, 5) is 24.3. The van der Waals surface area contributed by atoms with Gasteiger partial charge in [-0.2, -0.15) is 0 Å². The number of hydrogen-bond acceptors (Lipinski definition) is 7. The van der Waals surface area contributed by atoms with Gasteiger partial charge in [-0.1, -0.05) is 140 Å². The molecule has 0 unspecified atom stereocenters. The van der Waals surface area contributed by atoms with Crippen LogP contribution < -0.4 is 9.47 Å². The number of hydrogen-bond donors (Lipinski definition) is 1. The van der Waals surface area contributed by atoms with Gasteiger partial charge in [0.25, 0.3) is 0 Å². The first kappa shape index (κ1) is 54.7. The largest absolute Gasteiger partial charge is 0.493 e. The van der Waals surface area contributed by atoms with Crippen LogP contribution in [0.15, 0.2) is 66.8 Å². The van der Waals surface area contributed by atoms with Crippen LogP contribution in [0.25, 0.3) is 0 Å². The highest BCUT2D eigenvalue weighted by Crippen LogP contribution is 2.24. The third-order valence-corrected chi connectivity index (χ3v) is 10.4. The molecule has 0 amide bonds. The van der Waals surface area contributed by atoms with Crippen molar-refractivity contribution in [2.45, 2.75) is 213 Å². The van der Waals surface area contributed by atoms with E-state index in [1.165, 1.54) is 103 Å². The van der Waals surface area contributed by atoms with Crippen LogP contribution >= 0.6 is 0 Å². The predicted molar refractivity (Wildman–Crippen MR) is 252 cm³/mol. The summed E-state index contributed by atoms with van der Waals surface area (Å²) < 4.78 is 22.7. The molecule has 0 aliphatic rings. The molecule has 60 heavy (non-hydrogen) atoms. The normalized spacial score (nSPS) is 11.8. The van der Waals surface area contributed by atoms with Crippen LogP contribution in [0.2, 0.25) is 0 Å². The zero-order valence-corrected chi connectivity index (χ0v) is 38.5. The van der Waals surface area contributed by atoms with Crippen molar-refractivity contribution in [1.29, 1.82) is 0 Å². The highest BCUT2D eigenvalue weighted by atomic mass is 16.5. The molecule has 1 rings (SSSR count). The number of carbonyl (C=O) groups excluding carboxylic acids is 2. The Bertz CT molecular complexity index is 1160. The van der Waals surface area contributed by atoms with Gasteiger partial charge in [0.2, 0.25) is 0 Å². The molecule has 0 fully saturated rings. The maximum atomic E-state index is 12.2. The number of benzene rings is 1. The van der Waals surface area contributed by atoms with E-state index in [0.717, 1.165) is 64.2 Å². The molecular weight excluding hydrogens is 749 g/mol. The summed E-state index contributed by atoms with van der Waals surface area (Å²) >= 11 is 0. The lowest BCUT2D eigenvalue weighted by molar-refractivity contribution is -0.144. The van der Waals surface area contributed by atoms with Crippen molar-refractivity contribution in [2.24, 2.45) is 0 Å². The Morgan fingerprint density at radius 3 is 1.17 bits per heavy atom. The Labute approximate surface area is 367 Å². The molecule has 1 aromatic rings. The summed E-state index contributed by atoms with van der Waals surface area (Å²) in [6.45, 7) is 6.30. The summed E-state index contributed by atoms with van der Waals surface area (Å²) in [7, 11) is 0. The Hall–Kier alpha value is -3.32. The fraction of sp³-hybridized carbons (Fsp3) is 0.698. The lowest BCUT2D eigenvalue weighted by Crippen LogP contribution is -2.07. The molecule has 0 heterocycles. The molecular formula is C53H88O7. The molecule has 0 aliphatic heterocycles. The van der Waals surface area contributed by atoms with Crippen molar-refractivity contribution in [3.8, 4) is 11.5 Å². The topological polar surface area (TPSA) is 91.3 Å². The number of carbonyl (C=O) groups is 2. The van der Waals surface area contributed by atoms with Gasteiger partial charge in [-0.25, -0.2) is 0 Å². The van der Waals surface area contributed by atoms with Gasteiger partial charge in [-0.05, 0) is 120 Å². The summed E-state index contributed by atoms with van der Waals surface area (Å²) in [6.07, 6.45) is 50.6. The van der Waals surface area contributed by atoms with Crippen molar-refractivity contribution >= 4 is 11.9 Å². The van der Waals surface area contributed by atoms with Crippen LogP contribution in [-0.4, -0.2) is 43.5 Å². The maximum Gasteiger partial charge on any atom is 0.305 e. The molecule has 0 aliphatic carbocycles. The maximum absolute atomic E-state index is 12.2. The van der Waals surface area contributed by atoms with Gasteiger partial charge in [0.1, 0.15) is 11.5 Å². The smallest absolute Gasteiger partial charge is 0.305 e. The number of allylic oxidation sites excluding steroid dienone is 8. The number of unbranched alkanes of at least 4 members (excludes halogenated alkanes) is 20. The lowest BCUT2D eigenvalue weighted by atomic mass is 10.1. The second-order valence-corrected chi connectivity index (χ2v) is 16.2. The lowest BCUT2D eigenvalue weighted by Gasteiger charge is -2.12. The highest BCUT2D eigenvalue weighted by Gasteiger charge is 2.07. The second kappa shape index (κ2) is 43.8. The zero-order valence-electron chi connectivity index (χ0n) is 38.5. The quantitative estimate of drug-likeness (QED) is 0.0398. The van der Waals surface area contributed by atoms with Gasteiger partial charge in [-0.15, -0.1) is 0 Å². The first-order valence-electron chi connectivity index (χ1n) is 24.5. The Morgan fingerprint density at radius 1 is 0.433 bits per heavy atom. The Morgan fingerprint density at radius 2 is 0.783 bits per heavy atom. The predicted octanol–water partition coefficient (Wildman–Crippen LogP) is 15.0. The monoisotopic (exact) mass is 837 g/mol. The first-order valence-corrected chi connectivity index (χ1v) is 24.5. The Balaban J connectivity index is 2.00. The minimum absolute atomic E-state index is 0.115. The molecule has 0 saturated carbocycles. The third-order valence-electron chi connectivity index (χ3n) is 10.4. The SMILES string of the molecule is CCCCC/C=C\C/C=C\CCCCCCCCOC(=O)CCCCOc1cc(CO)cc(OCCCCC(=O)OCCCCCCCC/C=C\C/C=C\CCCCC)c1. The summed E-state index contributed by atoms with van der Waals surface area (Å²) in [5, 5.41) is 9.74. The molecule has 0 aromatic heterocycles. The van der Waals surface area contributed by atoms with Gasteiger partial charge in [0.05, 0.1) is 33.0 Å². The molecule has 0 bridgehead atoms. The van der Waals surface area contributed by atoms with E-state index in [1.54, 1.807) is 12.1 Å². The van der Waals surface area contributed by atoms with Gasteiger partial charge in [0, 0.05) is 18.9 Å². The molecule has 7 heteroatoms. The molecule has 7 nitrogen and oxygen atoms in total. The minimum atomic E-state index is -0.142. The molecule has 0 spiro atoms. The first-order chi connectivity index (χ1) is 29.6. The fourth-order valence-corrected chi connectivity index (χ4v) is 6.71. The van der Waals surface area contributed by atoms with E-state index in [9.17, 15) is 14.7 Å². The average Bonchev–Trinajstić information content (AvgIpc) is 3.25. The van der Waals surface area contributed by atoms with E-state index in [1.807, 2.05) is 6.07 Å². The average molecular weight is 837 g/mol. The van der Waals surface area contributed by atoms with Crippen molar-refractivity contribution in [1.82, 2.24) is 0 Å². The van der Waals surface area contributed by atoms with E-state index >= 15 is 0 Å². The van der Waals surface area contributed by atoms with Crippen LogP contribution in [0.3, 0.4) is 0 Å². The zero-order chi connectivity index (χ0) is 43.2. The number of aliphatic hydroxyl groups excluding tert-OH is 1. The number of aliphatic hydroxyl groups is 1. The Kier molecular flexibility index (Phi) is 39.9. The van der Waals surface area contributed by atoms with E-state index in [-0.39, 0.29) is 18.5 Å². The molecule has 0 radical (unpaired) electrons. The summed E-state index contributed by atoms with van der Waals surface area (Å²) in [6, 6.07) is 5.43. The molecule has 342 valence electrons. The molecule has 0 saturated heterocycles. The van der Waals surface area contributed by atoms with E-state index in [4.69, 9.17) is 18.9 Å². The summed E-state index contributed by atoms with van der Waals surface area (Å²) in [5.74, 6) is 0.973. The van der Waals surface area contributed by atoms with Gasteiger partial charge in [-0.3, -0.25) is 9.59 Å². The van der Waals surface area contributed by atoms with Gasteiger partial charge >= 0.3 is 11.9 Å². The van der Waals surface area contributed by atoms with E-state index in [0.29, 0.717) is 69.2 Å². The third kappa shape index (κ3) is 37.7. The fourth-order valence-electron chi connectivity index (χ4n) is 6.71. The van der Waals surface area contributed by atoms with Crippen LogP contribution in [0.1, 0.15) is 212 Å². The number of rotatable bonds is 43. The van der Waals surface area contributed by atoms with Crippen molar-refractivity contribution in [3.63, 3.8) is 0 Å². The van der Waals surface area contributed by atoms with Crippen LogP contribution in [-0.2, 0) is 25.7 Å². The van der Waals surface area contributed by atoms with E-state index in [2.05, 4.69) is 62.5 Å². The molecule has 0 atom stereocenters. The second-order valence-electron chi connectivity index (χ2n) is 16.2. The number of ether oxygens (including phenoxy) is 4. The summed E-state index contributed by atoms with van der Waals surface area (Å²) in [5.41, 5.74) is 0.711.